The summed E-state index contributed by atoms with van der Waals surface area (Å²) >= 11 is 0. The van der Waals surface area contributed by atoms with Gasteiger partial charge in [-0.2, -0.15) is 0 Å². The number of unbranched alkanes of at least 4 members (excludes halogenated alkanes) is 9. The summed E-state index contributed by atoms with van der Waals surface area (Å²) in [6.45, 7) is 6.21. The quantitative estimate of drug-likeness (QED) is 0.0683. The lowest BCUT2D eigenvalue weighted by atomic mass is 10.0. The van der Waals surface area contributed by atoms with E-state index in [0.717, 1.165) is 111 Å². The van der Waals surface area contributed by atoms with Crippen LogP contribution in [0, 0.1) is 0 Å². The molecule has 0 saturated carbocycles. The summed E-state index contributed by atoms with van der Waals surface area (Å²) in [4.78, 5) is 21.1. The number of rotatable bonds is 21. The van der Waals surface area contributed by atoms with Crippen LogP contribution in [-0.2, 0) is 38.8 Å². The normalized spacial score (nSPS) is 11.8. The van der Waals surface area contributed by atoms with E-state index in [-0.39, 0.29) is 0 Å². The summed E-state index contributed by atoms with van der Waals surface area (Å²) in [5.41, 5.74) is 11.9. The van der Waals surface area contributed by atoms with Crippen LogP contribution in [0.1, 0.15) is 125 Å². The number of aromatic nitrogens is 6. The van der Waals surface area contributed by atoms with E-state index in [0.29, 0.717) is 0 Å². The van der Waals surface area contributed by atoms with E-state index in [1.54, 1.807) is 0 Å². The van der Waals surface area contributed by atoms with Crippen LogP contribution in [0.4, 0.5) is 0 Å². The minimum absolute atomic E-state index is 0.839. The Morgan fingerprint density at radius 2 is 0.759 bits per heavy atom. The van der Waals surface area contributed by atoms with Crippen LogP contribution in [0.15, 0.2) is 109 Å². The Kier molecular flexibility index (Phi) is 13.2. The highest BCUT2D eigenvalue weighted by Crippen LogP contribution is 2.32. The zero-order valence-corrected chi connectivity index (χ0v) is 34.8. The van der Waals surface area contributed by atoms with Gasteiger partial charge < -0.3 is 9.13 Å². The number of pyridine rings is 2. The van der Waals surface area contributed by atoms with Gasteiger partial charge in [-0.3, -0.25) is 9.97 Å². The van der Waals surface area contributed by atoms with Crippen LogP contribution >= 0.6 is 0 Å². The monoisotopic (exact) mass is 768 g/mol. The summed E-state index contributed by atoms with van der Waals surface area (Å²) in [6.07, 6.45) is 18.4. The third-order valence-electron chi connectivity index (χ3n) is 11.9. The van der Waals surface area contributed by atoms with Crippen molar-refractivity contribution in [2.24, 2.45) is 0 Å². The van der Waals surface area contributed by atoms with Crippen LogP contribution in [0.3, 0.4) is 0 Å². The molecule has 0 fully saturated rings. The molecule has 4 aromatic carbocycles. The van der Waals surface area contributed by atoms with Crippen LogP contribution in [0.2, 0.25) is 0 Å². The van der Waals surface area contributed by atoms with Crippen molar-refractivity contribution in [2.75, 3.05) is 0 Å². The van der Waals surface area contributed by atoms with E-state index < -0.39 is 0 Å². The number of fused-ring (bicyclic) bond motifs is 6. The highest BCUT2D eigenvalue weighted by Gasteiger charge is 2.20. The first kappa shape index (κ1) is 39.5. The standard InChI is InChI=1S/C52H60N6/c1-3-5-35-47-55-49-45(53-43-31-23-21-29-41(43)51(49)57(47)37-39-25-15-13-16-26-39)33-19-11-9-7-8-10-12-20-34-46-50-52(42-30-22-24-32-44(42)54-46)58(48(56-50)36-6-4-2)38-40-27-17-14-18-28-40/h13-18,21-32H,3-12,19-20,33-38H2,1-2H3. The Morgan fingerprint density at radius 3 is 1.17 bits per heavy atom. The van der Waals surface area contributed by atoms with Crippen LogP contribution in [0.5, 0.6) is 0 Å². The molecule has 0 amide bonds. The van der Waals surface area contributed by atoms with Gasteiger partial charge in [-0.05, 0) is 61.8 Å². The van der Waals surface area contributed by atoms with Gasteiger partial charge in [0, 0.05) is 36.7 Å². The van der Waals surface area contributed by atoms with Crippen molar-refractivity contribution in [2.45, 2.75) is 130 Å². The van der Waals surface area contributed by atoms with Crippen LogP contribution in [0.25, 0.3) is 43.9 Å². The molecule has 0 aliphatic rings. The second-order valence-electron chi connectivity index (χ2n) is 16.3. The maximum absolute atomic E-state index is 5.33. The third kappa shape index (κ3) is 9.02. The molecule has 0 unspecified atom stereocenters. The maximum atomic E-state index is 5.33. The van der Waals surface area contributed by atoms with Gasteiger partial charge in [0.1, 0.15) is 22.7 Å². The van der Waals surface area contributed by atoms with E-state index in [1.165, 1.54) is 83.1 Å². The molecule has 0 spiro atoms. The van der Waals surface area contributed by atoms with Crippen molar-refractivity contribution in [3.63, 3.8) is 0 Å². The van der Waals surface area contributed by atoms with Crippen molar-refractivity contribution < 1.29 is 0 Å². The summed E-state index contributed by atoms with van der Waals surface area (Å²) in [7, 11) is 0. The first-order valence-corrected chi connectivity index (χ1v) is 22.3. The fraction of sp³-hybridized carbons (Fsp3) is 0.385. The van der Waals surface area contributed by atoms with Crippen LogP contribution in [-0.4, -0.2) is 29.1 Å². The Labute approximate surface area is 344 Å². The van der Waals surface area contributed by atoms with E-state index in [1.807, 2.05) is 0 Å². The molecule has 0 radical (unpaired) electrons. The van der Waals surface area contributed by atoms with Gasteiger partial charge in [-0.1, -0.05) is 162 Å². The lowest BCUT2D eigenvalue weighted by Crippen LogP contribution is -2.06. The predicted octanol–water partition coefficient (Wildman–Crippen LogP) is 13.2. The molecule has 6 heteroatoms. The molecule has 4 heterocycles. The highest BCUT2D eigenvalue weighted by molar-refractivity contribution is 6.04. The van der Waals surface area contributed by atoms with Crippen molar-refractivity contribution in [1.29, 1.82) is 0 Å². The van der Waals surface area contributed by atoms with Gasteiger partial charge in [0.15, 0.2) is 0 Å². The minimum atomic E-state index is 0.839. The summed E-state index contributed by atoms with van der Waals surface area (Å²) in [6, 6.07) is 39.0. The van der Waals surface area contributed by atoms with Gasteiger partial charge in [-0.25, -0.2) is 9.97 Å². The smallest absolute Gasteiger partial charge is 0.111 e. The van der Waals surface area contributed by atoms with Gasteiger partial charge in [-0.15, -0.1) is 0 Å². The minimum Gasteiger partial charge on any atom is -0.323 e. The Hall–Kier alpha value is -5.36. The maximum Gasteiger partial charge on any atom is 0.111 e. The molecule has 0 saturated heterocycles. The lowest BCUT2D eigenvalue weighted by Gasteiger charge is -2.12. The summed E-state index contributed by atoms with van der Waals surface area (Å²) < 4.78 is 4.96. The van der Waals surface area contributed by atoms with E-state index in [2.05, 4.69) is 132 Å². The number of hydrogen-bond donors (Lipinski definition) is 0. The van der Waals surface area contributed by atoms with E-state index >= 15 is 0 Å². The molecule has 0 bridgehead atoms. The molecule has 0 aliphatic carbocycles. The number of hydrogen-bond acceptors (Lipinski definition) is 4. The van der Waals surface area contributed by atoms with E-state index in [4.69, 9.17) is 19.9 Å². The van der Waals surface area contributed by atoms with Gasteiger partial charge >= 0.3 is 0 Å². The third-order valence-corrected chi connectivity index (χ3v) is 11.9. The second-order valence-corrected chi connectivity index (χ2v) is 16.3. The zero-order chi connectivity index (χ0) is 39.5. The van der Waals surface area contributed by atoms with Crippen molar-refractivity contribution in [1.82, 2.24) is 29.1 Å². The first-order chi connectivity index (χ1) is 28.7. The predicted molar refractivity (Wildman–Crippen MR) is 243 cm³/mol. The second kappa shape index (κ2) is 19.4. The lowest BCUT2D eigenvalue weighted by molar-refractivity contribution is 0.566. The average molecular weight is 769 g/mol. The fourth-order valence-electron chi connectivity index (χ4n) is 8.80. The molecule has 0 aliphatic heterocycles. The molecule has 4 aromatic heterocycles. The van der Waals surface area contributed by atoms with Crippen molar-refractivity contribution in [3.8, 4) is 0 Å². The highest BCUT2D eigenvalue weighted by atomic mass is 15.1. The number of benzene rings is 4. The number of para-hydroxylation sites is 2. The first-order valence-electron chi connectivity index (χ1n) is 22.3. The topological polar surface area (TPSA) is 61.4 Å². The summed E-state index contributed by atoms with van der Waals surface area (Å²) in [5.74, 6) is 2.38. The summed E-state index contributed by atoms with van der Waals surface area (Å²) in [5, 5.41) is 2.42. The molecule has 8 aromatic rings. The molecular formula is C52H60N6. The largest absolute Gasteiger partial charge is 0.323 e. The Morgan fingerprint density at radius 1 is 0.379 bits per heavy atom. The number of aryl methyl sites for hydroxylation is 4. The fourth-order valence-corrected chi connectivity index (χ4v) is 8.80. The van der Waals surface area contributed by atoms with E-state index in [9.17, 15) is 0 Å². The van der Waals surface area contributed by atoms with Crippen molar-refractivity contribution in [3.05, 3.63) is 143 Å². The SMILES string of the molecule is CCCCc1nc2c(CCCCCCCCCCc3nc4ccccc4c4c3nc(CCCC)n4Cc3ccccc3)nc3ccccc3c2n1Cc1ccccc1. The zero-order valence-electron chi connectivity index (χ0n) is 34.8. The molecule has 8 rings (SSSR count). The molecule has 298 valence electrons. The number of imidazole rings is 2. The Bertz CT molecular complexity index is 2370. The Balaban J connectivity index is 0.876. The molecule has 58 heavy (non-hydrogen) atoms. The number of nitrogens with zero attached hydrogens (tertiary/aromatic N) is 6. The van der Waals surface area contributed by atoms with Gasteiger partial charge in [0.25, 0.3) is 0 Å². The average Bonchev–Trinajstić information content (AvgIpc) is 3.81. The van der Waals surface area contributed by atoms with Crippen molar-refractivity contribution >= 4 is 43.9 Å². The molecule has 0 N–H and O–H groups in total. The van der Waals surface area contributed by atoms with Crippen LogP contribution < -0.4 is 0 Å². The van der Waals surface area contributed by atoms with Gasteiger partial charge in [0.2, 0.25) is 0 Å². The molecular weight excluding hydrogens is 709 g/mol. The molecule has 0 atom stereocenters. The molecule has 6 nitrogen and oxygen atoms in total. The van der Waals surface area contributed by atoms with Gasteiger partial charge in [0.05, 0.1) is 33.5 Å².